The van der Waals surface area contributed by atoms with Gasteiger partial charge >= 0.3 is 6.03 Å². The van der Waals surface area contributed by atoms with Crippen LogP contribution < -0.4 is 10.5 Å². The van der Waals surface area contributed by atoms with Crippen molar-refractivity contribution in [3.63, 3.8) is 0 Å². The summed E-state index contributed by atoms with van der Waals surface area (Å²) in [6.45, 7) is 5.88. The van der Waals surface area contributed by atoms with Gasteiger partial charge in [0.1, 0.15) is 0 Å². The second-order valence-electron chi connectivity index (χ2n) is 6.36. The molecule has 0 unspecified atom stereocenters. The van der Waals surface area contributed by atoms with Gasteiger partial charge in [0.25, 0.3) is 0 Å². The van der Waals surface area contributed by atoms with Gasteiger partial charge in [0, 0.05) is 13.1 Å². The van der Waals surface area contributed by atoms with Crippen LogP contribution in [0.15, 0.2) is 29.2 Å². The van der Waals surface area contributed by atoms with Crippen molar-refractivity contribution in [3.05, 3.63) is 29.8 Å². The molecular formula is C16H25N3O4S. The number of hydrogen-bond acceptors (Lipinski definition) is 4. The van der Waals surface area contributed by atoms with Crippen molar-refractivity contribution in [1.29, 1.82) is 0 Å². The number of ether oxygens (including phenoxy) is 1. The van der Waals surface area contributed by atoms with Gasteiger partial charge in [-0.15, -0.1) is 0 Å². The van der Waals surface area contributed by atoms with Gasteiger partial charge in [-0.25, -0.2) is 18.4 Å². The van der Waals surface area contributed by atoms with Crippen LogP contribution in [-0.4, -0.2) is 45.1 Å². The molecule has 1 aromatic carbocycles. The van der Waals surface area contributed by atoms with Gasteiger partial charge in [0.15, 0.2) is 0 Å². The maximum Gasteiger partial charge on any atom is 0.318 e. The summed E-state index contributed by atoms with van der Waals surface area (Å²) in [7, 11) is -3.82. The van der Waals surface area contributed by atoms with Gasteiger partial charge in [0.2, 0.25) is 10.0 Å². The fourth-order valence-electron chi connectivity index (χ4n) is 2.86. The van der Waals surface area contributed by atoms with E-state index in [1.54, 1.807) is 23.1 Å². The molecule has 0 aliphatic carbocycles. The van der Waals surface area contributed by atoms with E-state index < -0.39 is 10.0 Å². The Balaban J connectivity index is 2.05. The number of nitrogens with one attached hydrogen (secondary N) is 1. The van der Waals surface area contributed by atoms with E-state index in [-0.39, 0.29) is 23.5 Å². The predicted molar refractivity (Wildman–Crippen MR) is 90.8 cm³/mol. The number of nitrogens with two attached hydrogens (primary N) is 1. The first-order valence-electron chi connectivity index (χ1n) is 8.02. The molecule has 1 atom stereocenters. The standard InChI is InChI=1S/C16H25N3O4S/c1-12(2)9-14-11-23-8-7-19(14)16(20)18-10-13-5-3-4-6-15(13)24(17,21)22/h3-6,12,14H,7-11H2,1-2H3,(H,18,20)(H2,17,21,22)/t14-/m0/s1. The van der Waals surface area contributed by atoms with Crippen molar-refractivity contribution in [2.24, 2.45) is 11.1 Å². The lowest BCUT2D eigenvalue weighted by Gasteiger charge is -2.36. The van der Waals surface area contributed by atoms with Crippen LogP contribution in [0.2, 0.25) is 0 Å². The van der Waals surface area contributed by atoms with Gasteiger partial charge in [-0.05, 0) is 24.0 Å². The highest BCUT2D eigenvalue weighted by molar-refractivity contribution is 7.89. The summed E-state index contributed by atoms with van der Waals surface area (Å²) in [5, 5.41) is 8.01. The lowest BCUT2D eigenvalue weighted by Crippen LogP contribution is -2.52. The third-order valence-corrected chi connectivity index (χ3v) is 4.95. The number of hydrogen-bond donors (Lipinski definition) is 2. The van der Waals surface area contributed by atoms with Gasteiger partial charge in [-0.3, -0.25) is 0 Å². The van der Waals surface area contributed by atoms with Crippen LogP contribution in [-0.2, 0) is 21.3 Å². The van der Waals surface area contributed by atoms with Crippen LogP contribution in [0.25, 0.3) is 0 Å². The number of sulfonamides is 1. The Hall–Kier alpha value is -1.64. The van der Waals surface area contributed by atoms with E-state index in [1.165, 1.54) is 6.07 Å². The molecule has 1 saturated heterocycles. The molecule has 134 valence electrons. The number of primary sulfonamides is 1. The average molecular weight is 355 g/mol. The molecule has 1 fully saturated rings. The third kappa shape index (κ3) is 4.93. The Bertz CT molecular complexity index is 676. The maximum atomic E-state index is 12.5. The number of nitrogens with zero attached hydrogens (tertiary/aromatic N) is 1. The van der Waals surface area contributed by atoms with E-state index in [9.17, 15) is 13.2 Å². The summed E-state index contributed by atoms with van der Waals surface area (Å²) in [6, 6.07) is 6.22. The molecule has 1 heterocycles. The lowest BCUT2D eigenvalue weighted by molar-refractivity contribution is 0.00550. The minimum Gasteiger partial charge on any atom is -0.377 e. The first-order chi connectivity index (χ1) is 11.3. The van der Waals surface area contributed by atoms with Crippen LogP contribution in [0.4, 0.5) is 4.79 Å². The molecule has 1 aliphatic rings. The Kier molecular flexibility index (Phi) is 6.20. The van der Waals surface area contributed by atoms with Crippen LogP contribution in [0.5, 0.6) is 0 Å². The molecule has 0 radical (unpaired) electrons. The van der Waals surface area contributed by atoms with Gasteiger partial charge < -0.3 is 15.0 Å². The van der Waals surface area contributed by atoms with Gasteiger partial charge in [-0.1, -0.05) is 32.0 Å². The van der Waals surface area contributed by atoms with E-state index in [2.05, 4.69) is 19.2 Å². The zero-order valence-electron chi connectivity index (χ0n) is 14.1. The molecule has 0 aromatic heterocycles. The minimum atomic E-state index is -3.82. The first kappa shape index (κ1) is 18.7. The summed E-state index contributed by atoms with van der Waals surface area (Å²) >= 11 is 0. The summed E-state index contributed by atoms with van der Waals surface area (Å²) < 4.78 is 28.7. The molecule has 2 amide bonds. The van der Waals surface area contributed by atoms with E-state index in [4.69, 9.17) is 9.88 Å². The molecular weight excluding hydrogens is 330 g/mol. The van der Waals surface area contributed by atoms with Crippen molar-refractivity contribution in [2.75, 3.05) is 19.8 Å². The van der Waals surface area contributed by atoms with Crippen LogP contribution in [0.3, 0.4) is 0 Å². The molecule has 2 rings (SSSR count). The molecule has 0 bridgehead atoms. The van der Waals surface area contributed by atoms with Crippen LogP contribution in [0.1, 0.15) is 25.8 Å². The maximum absolute atomic E-state index is 12.5. The first-order valence-corrected chi connectivity index (χ1v) is 9.56. The fourth-order valence-corrected chi connectivity index (χ4v) is 3.64. The fraction of sp³-hybridized carbons (Fsp3) is 0.562. The molecule has 3 N–H and O–H groups in total. The molecule has 0 spiro atoms. The molecule has 24 heavy (non-hydrogen) atoms. The van der Waals surface area contributed by atoms with Crippen molar-refractivity contribution in [2.45, 2.75) is 37.8 Å². The monoisotopic (exact) mass is 355 g/mol. The van der Waals surface area contributed by atoms with E-state index >= 15 is 0 Å². The van der Waals surface area contributed by atoms with E-state index in [1.807, 2.05) is 0 Å². The number of carbonyl (C=O) groups is 1. The largest absolute Gasteiger partial charge is 0.377 e. The highest BCUT2D eigenvalue weighted by Gasteiger charge is 2.28. The molecule has 0 saturated carbocycles. The Labute approximate surface area is 143 Å². The van der Waals surface area contributed by atoms with Gasteiger partial charge in [-0.2, -0.15) is 0 Å². The molecule has 7 nitrogen and oxygen atoms in total. The number of morpholine rings is 1. The van der Waals surface area contributed by atoms with Gasteiger partial charge in [0.05, 0.1) is 24.2 Å². The van der Waals surface area contributed by atoms with Crippen LogP contribution in [0, 0.1) is 5.92 Å². The van der Waals surface area contributed by atoms with Crippen molar-refractivity contribution >= 4 is 16.1 Å². The van der Waals surface area contributed by atoms with Crippen LogP contribution >= 0.6 is 0 Å². The second-order valence-corrected chi connectivity index (χ2v) is 7.89. The Morgan fingerprint density at radius 2 is 2.12 bits per heavy atom. The number of amides is 2. The van der Waals surface area contributed by atoms with Crippen molar-refractivity contribution < 1.29 is 17.9 Å². The van der Waals surface area contributed by atoms with E-state index in [0.29, 0.717) is 31.2 Å². The highest BCUT2D eigenvalue weighted by atomic mass is 32.2. The summed E-state index contributed by atoms with van der Waals surface area (Å²) in [5.74, 6) is 0.454. The Morgan fingerprint density at radius 3 is 2.79 bits per heavy atom. The zero-order valence-corrected chi connectivity index (χ0v) is 14.9. The minimum absolute atomic E-state index is 0.0333. The number of benzene rings is 1. The van der Waals surface area contributed by atoms with Crippen molar-refractivity contribution in [3.8, 4) is 0 Å². The molecule has 1 aliphatic heterocycles. The normalized spacial score (nSPS) is 18.7. The lowest BCUT2D eigenvalue weighted by atomic mass is 10.0. The topological polar surface area (TPSA) is 102 Å². The second kappa shape index (κ2) is 7.96. The van der Waals surface area contributed by atoms with E-state index in [0.717, 1.165) is 6.42 Å². The van der Waals surface area contributed by atoms with Crippen molar-refractivity contribution in [1.82, 2.24) is 10.2 Å². The summed E-state index contributed by atoms with van der Waals surface area (Å²) in [4.78, 5) is 14.3. The SMILES string of the molecule is CC(C)C[C@H]1COCCN1C(=O)NCc1ccccc1S(N)(=O)=O. The molecule has 1 aromatic rings. The predicted octanol–water partition coefficient (Wildman–Crippen LogP) is 1.29. The quantitative estimate of drug-likeness (QED) is 0.831. The smallest absolute Gasteiger partial charge is 0.318 e. The zero-order chi connectivity index (χ0) is 17.7. The number of carbonyl (C=O) groups excluding carboxylic acids is 1. The average Bonchev–Trinajstić information content (AvgIpc) is 2.52. The summed E-state index contributed by atoms with van der Waals surface area (Å²) in [5.41, 5.74) is 0.474. The third-order valence-electron chi connectivity index (χ3n) is 3.94. The number of rotatable bonds is 5. The molecule has 8 heteroatoms. The Morgan fingerprint density at radius 1 is 1.42 bits per heavy atom. The summed E-state index contributed by atoms with van der Waals surface area (Å²) in [6.07, 6.45) is 0.862. The number of urea groups is 1. The highest BCUT2D eigenvalue weighted by Crippen LogP contribution is 2.17.